The number of nitriles is 2. The van der Waals surface area contributed by atoms with Crippen LogP contribution in [0.2, 0.25) is 0 Å². The van der Waals surface area contributed by atoms with E-state index in [1.165, 1.54) is 6.20 Å². The Bertz CT molecular complexity index is 372. The van der Waals surface area contributed by atoms with Gasteiger partial charge in [-0.2, -0.15) is 10.5 Å². The topological polar surface area (TPSA) is 86.5 Å². The van der Waals surface area contributed by atoms with Crippen molar-refractivity contribution in [2.75, 3.05) is 0 Å². The number of hydrogen-bond donors (Lipinski definition) is 1. The second kappa shape index (κ2) is 4.20. The van der Waals surface area contributed by atoms with Crippen molar-refractivity contribution in [1.82, 2.24) is 4.98 Å². The molecule has 0 fully saturated rings. The van der Waals surface area contributed by atoms with E-state index >= 15 is 0 Å². The lowest BCUT2D eigenvalue weighted by molar-refractivity contribution is 0.744. The average Bonchev–Trinajstić information content (AvgIpc) is 2.18. The third-order valence-electron chi connectivity index (χ3n) is 1.69. The van der Waals surface area contributed by atoms with Gasteiger partial charge in [0.05, 0.1) is 18.1 Å². The Labute approximate surface area is 76.2 Å². The zero-order valence-corrected chi connectivity index (χ0v) is 6.94. The van der Waals surface area contributed by atoms with E-state index in [4.69, 9.17) is 16.3 Å². The molecular weight excluding hydrogens is 164 g/mol. The molecule has 1 rings (SSSR count). The van der Waals surface area contributed by atoms with Gasteiger partial charge in [-0.1, -0.05) is 0 Å². The number of aromatic nitrogens is 1. The third kappa shape index (κ3) is 2.02. The van der Waals surface area contributed by atoms with Crippen molar-refractivity contribution >= 4 is 0 Å². The molecule has 64 valence electrons. The van der Waals surface area contributed by atoms with Gasteiger partial charge in [0.25, 0.3) is 0 Å². The van der Waals surface area contributed by atoms with Crippen LogP contribution in [0, 0.1) is 22.7 Å². The Kier molecular flexibility index (Phi) is 2.97. The van der Waals surface area contributed by atoms with Gasteiger partial charge < -0.3 is 5.73 Å². The summed E-state index contributed by atoms with van der Waals surface area (Å²) < 4.78 is 0. The van der Waals surface area contributed by atoms with Crippen LogP contribution in [0.15, 0.2) is 18.5 Å². The van der Waals surface area contributed by atoms with E-state index in [1.807, 2.05) is 12.1 Å². The first-order valence-electron chi connectivity index (χ1n) is 3.76. The van der Waals surface area contributed by atoms with Gasteiger partial charge in [0, 0.05) is 18.4 Å². The zero-order chi connectivity index (χ0) is 9.68. The summed E-state index contributed by atoms with van der Waals surface area (Å²) >= 11 is 0. The molecule has 0 aromatic carbocycles. The molecule has 4 nitrogen and oxygen atoms in total. The Morgan fingerprint density at radius 1 is 1.54 bits per heavy atom. The molecule has 1 atom stereocenters. The van der Waals surface area contributed by atoms with Crippen molar-refractivity contribution in [2.24, 2.45) is 5.73 Å². The van der Waals surface area contributed by atoms with Crippen molar-refractivity contribution in [3.63, 3.8) is 0 Å². The van der Waals surface area contributed by atoms with Crippen molar-refractivity contribution in [1.29, 1.82) is 10.5 Å². The highest BCUT2D eigenvalue weighted by Gasteiger charge is 2.09. The van der Waals surface area contributed by atoms with Crippen LogP contribution in [0.1, 0.15) is 23.6 Å². The second-order valence-electron chi connectivity index (χ2n) is 2.54. The monoisotopic (exact) mass is 172 g/mol. The summed E-state index contributed by atoms with van der Waals surface area (Å²) in [7, 11) is 0. The molecule has 0 amide bonds. The van der Waals surface area contributed by atoms with Gasteiger partial charge in [0.15, 0.2) is 0 Å². The van der Waals surface area contributed by atoms with Crippen LogP contribution in [0.25, 0.3) is 0 Å². The number of nitrogens with zero attached hydrogens (tertiary/aromatic N) is 3. The van der Waals surface area contributed by atoms with Crippen LogP contribution in [-0.2, 0) is 0 Å². The largest absolute Gasteiger partial charge is 0.323 e. The molecule has 2 N–H and O–H groups in total. The minimum atomic E-state index is -0.400. The maximum atomic E-state index is 8.71. The quantitative estimate of drug-likeness (QED) is 0.716. The molecule has 4 heteroatoms. The predicted molar refractivity (Wildman–Crippen MR) is 46.1 cm³/mol. The number of pyridine rings is 1. The molecule has 0 saturated heterocycles. The normalized spacial score (nSPS) is 11.3. The molecule has 1 aromatic rings. The summed E-state index contributed by atoms with van der Waals surface area (Å²) in [6, 6.07) is 5.21. The molecule has 0 spiro atoms. The van der Waals surface area contributed by atoms with E-state index in [2.05, 4.69) is 4.98 Å². The fraction of sp³-hybridized carbons (Fsp3) is 0.222. The molecule has 0 aliphatic rings. The molecule has 1 heterocycles. The molecule has 0 saturated carbocycles. The first kappa shape index (κ1) is 9.18. The number of nitrogens with two attached hydrogens (primary N) is 1. The van der Waals surface area contributed by atoms with Gasteiger partial charge in [0.2, 0.25) is 0 Å². The molecule has 13 heavy (non-hydrogen) atoms. The number of rotatable bonds is 2. The van der Waals surface area contributed by atoms with Crippen LogP contribution < -0.4 is 5.73 Å². The maximum absolute atomic E-state index is 8.71. The summed E-state index contributed by atoms with van der Waals surface area (Å²) in [6.45, 7) is 0. The smallest absolute Gasteiger partial charge is 0.101 e. The highest BCUT2D eigenvalue weighted by atomic mass is 14.7. The van der Waals surface area contributed by atoms with Crippen molar-refractivity contribution in [3.8, 4) is 12.1 Å². The van der Waals surface area contributed by atoms with Crippen LogP contribution in [0.3, 0.4) is 0 Å². The predicted octanol–water partition coefficient (Wildman–Crippen LogP) is 0.867. The van der Waals surface area contributed by atoms with E-state index in [-0.39, 0.29) is 6.42 Å². The fourth-order valence-electron chi connectivity index (χ4n) is 1.03. The van der Waals surface area contributed by atoms with E-state index in [0.29, 0.717) is 11.1 Å². The van der Waals surface area contributed by atoms with E-state index in [0.717, 1.165) is 0 Å². The Morgan fingerprint density at radius 3 is 2.92 bits per heavy atom. The van der Waals surface area contributed by atoms with Crippen LogP contribution in [0.5, 0.6) is 0 Å². The summed E-state index contributed by atoms with van der Waals surface area (Å²) in [5.41, 5.74) is 6.80. The minimum Gasteiger partial charge on any atom is -0.323 e. The summed E-state index contributed by atoms with van der Waals surface area (Å²) in [6.07, 6.45) is 3.22. The molecular formula is C9H8N4. The molecule has 0 bridgehead atoms. The Balaban J connectivity index is 3.02. The average molecular weight is 172 g/mol. The van der Waals surface area contributed by atoms with E-state index in [9.17, 15) is 0 Å². The van der Waals surface area contributed by atoms with Crippen LogP contribution in [0.4, 0.5) is 0 Å². The number of hydrogen-bond acceptors (Lipinski definition) is 4. The van der Waals surface area contributed by atoms with Gasteiger partial charge in [-0.3, -0.25) is 4.98 Å². The summed E-state index contributed by atoms with van der Waals surface area (Å²) in [5.74, 6) is 0. The first-order valence-corrected chi connectivity index (χ1v) is 3.76. The fourth-order valence-corrected chi connectivity index (χ4v) is 1.03. The van der Waals surface area contributed by atoms with Crippen molar-refractivity contribution < 1.29 is 0 Å². The minimum absolute atomic E-state index is 0.207. The summed E-state index contributed by atoms with van der Waals surface area (Å²) in [5, 5.41) is 17.1. The maximum Gasteiger partial charge on any atom is 0.101 e. The van der Waals surface area contributed by atoms with Gasteiger partial charge in [-0.25, -0.2) is 0 Å². The molecule has 0 aliphatic carbocycles. The lowest BCUT2D eigenvalue weighted by Gasteiger charge is -2.08. The lowest BCUT2D eigenvalue weighted by atomic mass is 10.0. The molecule has 0 radical (unpaired) electrons. The van der Waals surface area contributed by atoms with Gasteiger partial charge in [-0.15, -0.1) is 0 Å². The standard InChI is InChI=1S/C9H8N4/c10-3-1-9(12)8-2-4-13-6-7(8)5-11/h2,4,6,9H,1,12H2/t9-/m1/s1. The van der Waals surface area contributed by atoms with Gasteiger partial charge >= 0.3 is 0 Å². The first-order chi connectivity index (χ1) is 6.29. The molecule has 1 aromatic heterocycles. The Hall–Kier alpha value is -1.91. The zero-order valence-electron chi connectivity index (χ0n) is 6.94. The lowest BCUT2D eigenvalue weighted by Crippen LogP contribution is -2.11. The van der Waals surface area contributed by atoms with Crippen LogP contribution >= 0.6 is 0 Å². The van der Waals surface area contributed by atoms with Gasteiger partial charge in [0.1, 0.15) is 6.07 Å². The SMILES string of the molecule is N#CC[C@@H](N)c1ccncc1C#N. The second-order valence-corrected chi connectivity index (χ2v) is 2.54. The molecule has 0 unspecified atom stereocenters. The Morgan fingerprint density at radius 2 is 2.31 bits per heavy atom. The van der Waals surface area contributed by atoms with E-state index in [1.54, 1.807) is 12.3 Å². The van der Waals surface area contributed by atoms with Crippen LogP contribution in [-0.4, -0.2) is 4.98 Å². The van der Waals surface area contributed by atoms with Crippen molar-refractivity contribution in [2.45, 2.75) is 12.5 Å². The van der Waals surface area contributed by atoms with E-state index < -0.39 is 6.04 Å². The highest BCUT2D eigenvalue weighted by Crippen LogP contribution is 2.16. The summed E-state index contributed by atoms with van der Waals surface area (Å²) in [4.78, 5) is 3.80. The van der Waals surface area contributed by atoms with Gasteiger partial charge in [-0.05, 0) is 11.6 Å². The van der Waals surface area contributed by atoms with Crippen molar-refractivity contribution in [3.05, 3.63) is 29.6 Å². The molecule has 0 aliphatic heterocycles. The highest BCUT2D eigenvalue weighted by molar-refractivity contribution is 5.36. The third-order valence-corrected chi connectivity index (χ3v) is 1.69.